The second kappa shape index (κ2) is 13.3. The van der Waals surface area contributed by atoms with Crippen molar-refractivity contribution in [1.29, 1.82) is 0 Å². The van der Waals surface area contributed by atoms with Crippen molar-refractivity contribution < 1.29 is 19.0 Å². The molecule has 0 unspecified atom stereocenters. The fourth-order valence-corrected chi connectivity index (χ4v) is 5.72. The maximum atomic E-state index is 12.5. The molecule has 2 aliphatic rings. The standard InChI is InChI=1S/C31H34ClFN2O3.CH4/c1-2-37-31-29(32)18-23(19-34-31)27-6-3-5-22-17-24(36)9-12-28(22)30(27)21-7-10-25(11-8-21)38-26-13-16-35(20-26)15-4-14-33;/h7-12,17-19,26,36H,2-6,13-16,20H2,1H3;1H4/t26-;/m0./s1. The lowest BCUT2D eigenvalue weighted by Gasteiger charge is -2.19. The molecule has 2 heterocycles. The lowest BCUT2D eigenvalue weighted by molar-refractivity contribution is 0.198. The summed E-state index contributed by atoms with van der Waals surface area (Å²) < 4.78 is 24.4. The fourth-order valence-electron chi connectivity index (χ4n) is 5.50. The molecule has 1 N–H and O–H groups in total. The Balaban J connectivity index is 0.00000353. The first-order valence-electron chi connectivity index (χ1n) is 13.4. The van der Waals surface area contributed by atoms with Crippen molar-refractivity contribution in [2.24, 2.45) is 0 Å². The lowest BCUT2D eigenvalue weighted by Crippen LogP contribution is -2.26. The highest BCUT2D eigenvalue weighted by atomic mass is 35.5. The molecular formula is C32H38ClFN2O3. The predicted molar refractivity (Wildman–Crippen MR) is 157 cm³/mol. The molecule has 1 atom stereocenters. The molecule has 1 aliphatic heterocycles. The summed E-state index contributed by atoms with van der Waals surface area (Å²) in [6.45, 7) is 4.70. The van der Waals surface area contributed by atoms with Gasteiger partial charge in [0.25, 0.3) is 0 Å². The van der Waals surface area contributed by atoms with Crippen molar-refractivity contribution in [3.8, 4) is 17.4 Å². The minimum absolute atomic E-state index is 0. The molecule has 1 saturated heterocycles. The first-order chi connectivity index (χ1) is 18.6. The summed E-state index contributed by atoms with van der Waals surface area (Å²) in [5.41, 5.74) is 6.55. The monoisotopic (exact) mass is 552 g/mol. The molecule has 7 heteroatoms. The molecule has 0 radical (unpaired) electrons. The van der Waals surface area contributed by atoms with Gasteiger partial charge in [-0.1, -0.05) is 37.2 Å². The van der Waals surface area contributed by atoms with Crippen LogP contribution < -0.4 is 9.47 Å². The number of pyridine rings is 1. The number of likely N-dealkylation sites (tertiary alicyclic amines) is 1. The molecule has 2 aromatic carbocycles. The van der Waals surface area contributed by atoms with Crippen LogP contribution in [0.5, 0.6) is 17.4 Å². The molecular weight excluding hydrogens is 515 g/mol. The SMILES string of the molecule is C.CCOc1ncc(C2=C(c3ccc(O[C@H]4CCN(CCCF)C4)cc3)c3ccc(O)cc3CCC2)cc1Cl. The minimum atomic E-state index is -0.275. The molecule has 0 spiro atoms. The number of nitrogens with zero attached hydrogens (tertiary/aromatic N) is 2. The van der Waals surface area contributed by atoms with Gasteiger partial charge in [0.15, 0.2) is 0 Å². The van der Waals surface area contributed by atoms with Crippen LogP contribution in [0.3, 0.4) is 0 Å². The number of aromatic nitrogens is 1. The summed E-state index contributed by atoms with van der Waals surface area (Å²) >= 11 is 6.54. The predicted octanol–water partition coefficient (Wildman–Crippen LogP) is 7.58. The van der Waals surface area contributed by atoms with E-state index in [1.807, 2.05) is 43.5 Å². The normalized spacial score (nSPS) is 17.4. The third kappa shape index (κ3) is 6.74. The number of fused-ring (bicyclic) bond motifs is 1. The smallest absolute Gasteiger partial charge is 0.232 e. The quantitative estimate of drug-likeness (QED) is 0.296. The minimum Gasteiger partial charge on any atom is -0.508 e. The van der Waals surface area contributed by atoms with Gasteiger partial charge in [-0.3, -0.25) is 9.29 Å². The number of hydrogen-bond acceptors (Lipinski definition) is 5. The second-order valence-corrected chi connectivity index (χ2v) is 10.3. The zero-order valence-electron chi connectivity index (χ0n) is 21.8. The van der Waals surface area contributed by atoms with Crippen molar-refractivity contribution in [3.05, 3.63) is 82.0 Å². The summed E-state index contributed by atoms with van der Waals surface area (Å²) in [5.74, 6) is 1.55. The van der Waals surface area contributed by atoms with Gasteiger partial charge in [0, 0.05) is 25.8 Å². The molecule has 3 aromatic rings. The van der Waals surface area contributed by atoms with E-state index in [2.05, 4.69) is 22.0 Å². The van der Waals surface area contributed by atoms with Crippen LogP contribution >= 0.6 is 11.6 Å². The van der Waals surface area contributed by atoms with Gasteiger partial charge in [-0.05, 0) is 103 Å². The summed E-state index contributed by atoms with van der Waals surface area (Å²) in [7, 11) is 0. The maximum Gasteiger partial charge on any atom is 0.232 e. The van der Waals surface area contributed by atoms with Gasteiger partial charge in [-0.25, -0.2) is 4.98 Å². The van der Waals surface area contributed by atoms with Crippen molar-refractivity contribution >= 4 is 22.7 Å². The van der Waals surface area contributed by atoms with Gasteiger partial charge in [-0.2, -0.15) is 0 Å². The highest BCUT2D eigenvalue weighted by Crippen LogP contribution is 2.42. The Hall–Kier alpha value is -3.09. The summed E-state index contributed by atoms with van der Waals surface area (Å²) in [5, 5.41) is 10.7. The van der Waals surface area contributed by atoms with Gasteiger partial charge in [0.2, 0.25) is 5.88 Å². The number of ether oxygens (including phenoxy) is 2. The zero-order valence-corrected chi connectivity index (χ0v) is 22.5. The Kier molecular flexibility index (Phi) is 9.87. The van der Waals surface area contributed by atoms with E-state index >= 15 is 0 Å². The largest absolute Gasteiger partial charge is 0.508 e. The molecule has 208 valence electrons. The van der Waals surface area contributed by atoms with Gasteiger partial charge in [0.05, 0.1) is 13.3 Å². The highest BCUT2D eigenvalue weighted by molar-refractivity contribution is 6.32. The number of allylic oxidation sites excluding steroid dienone is 1. The van der Waals surface area contributed by atoms with E-state index in [4.69, 9.17) is 21.1 Å². The Bertz CT molecular complexity index is 1300. The second-order valence-electron chi connectivity index (χ2n) is 9.89. The Morgan fingerprint density at radius 1 is 1.10 bits per heavy atom. The van der Waals surface area contributed by atoms with E-state index in [0.717, 1.165) is 78.9 Å². The molecule has 1 aliphatic carbocycles. The summed E-state index contributed by atoms with van der Waals surface area (Å²) in [6.07, 6.45) is 6.15. The number of benzene rings is 2. The Morgan fingerprint density at radius 3 is 2.67 bits per heavy atom. The third-order valence-corrected chi connectivity index (χ3v) is 7.52. The highest BCUT2D eigenvalue weighted by Gasteiger charge is 2.24. The number of phenolic OH excluding ortho intramolecular Hbond substituents is 1. The zero-order chi connectivity index (χ0) is 26.5. The third-order valence-electron chi connectivity index (χ3n) is 7.25. The molecule has 0 saturated carbocycles. The van der Waals surface area contributed by atoms with E-state index in [1.54, 1.807) is 6.07 Å². The molecule has 1 fully saturated rings. The first-order valence-corrected chi connectivity index (χ1v) is 13.8. The van der Waals surface area contributed by atoms with Crippen molar-refractivity contribution in [1.82, 2.24) is 9.88 Å². The van der Waals surface area contributed by atoms with E-state index in [9.17, 15) is 9.50 Å². The number of rotatable bonds is 9. The van der Waals surface area contributed by atoms with Crippen LogP contribution in [0.4, 0.5) is 4.39 Å². The van der Waals surface area contributed by atoms with Crippen LogP contribution in [0.2, 0.25) is 5.02 Å². The van der Waals surface area contributed by atoms with Crippen molar-refractivity contribution in [2.45, 2.75) is 52.6 Å². The Labute approximate surface area is 236 Å². The van der Waals surface area contributed by atoms with E-state index < -0.39 is 0 Å². The van der Waals surface area contributed by atoms with E-state index in [1.165, 1.54) is 5.57 Å². The first kappa shape index (κ1) is 28.9. The molecule has 1 aromatic heterocycles. The van der Waals surface area contributed by atoms with Crippen LogP contribution in [0.1, 0.15) is 62.3 Å². The molecule has 5 nitrogen and oxygen atoms in total. The Morgan fingerprint density at radius 2 is 1.92 bits per heavy atom. The maximum absolute atomic E-state index is 12.5. The molecule has 0 bridgehead atoms. The number of halogens is 2. The van der Waals surface area contributed by atoms with Gasteiger partial charge < -0.3 is 14.6 Å². The molecule has 0 amide bonds. The van der Waals surface area contributed by atoms with Crippen molar-refractivity contribution in [3.63, 3.8) is 0 Å². The van der Waals surface area contributed by atoms with Crippen LogP contribution in [-0.2, 0) is 6.42 Å². The number of aromatic hydroxyl groups is 1. The van der Waals surface area contributed by atoms with Gasteiger partial charge >= 0.3 is 0 Å². The average Bonchev–Trinajstić information content (AvgIpc) is 3.28. The number of phenols is 1. The lowest BCUT2D eigenvalue weighted by atomic mass is 9.88. The number of alkyl halides is 1. The molecule has 5 rings (SSSR count). The van der Waals surface area contributed by atoms with E-state index in [0.29, 0.717) is 23.9 Å². The van der Waals surface area contributed by atoms with Crippen LogP contribution in [0, 0.1) is 0 Å². The van der Waals surface area contributed by atoms with Crippen LogP contribution in [0.15, 0.2) is 54.7 Å². The van der Waals surface area contributed by atoms with E-state index in [-0.39, 0.29) is 26.0 Å². The van der Waals surface area contributed by atoms with Gasteiger partial charge in [0.1, 0.15) is 22.6 Å². The van der Waals surface area contributed by atoms with Crippen LogP contribution in [0.25, 0.3) is 11.1 Å². The van der Waals surface area contributed by atoms with Crippen molar-refractivity contribution in [2.75, 3.05) is 32.9 Å². The summed E-state index contributed by atoms with van der Waals surface area (Å²) in [4.78, 5) is 6.76. The number of aryl methyl sites for hydroxylation is 1. The molecule has 39 heavy (non-hydrogen) atoms. The fraction of sp³-hybridized carbons (Fsp3) is 0.406. The van der Waals surface area contributed by atoms with Crippen LogP contribution in [-0.4, -0.2) is 54.0 Å². The summed E-state index contributed by atoms with van der Waals surface area (Å²) in [6, 6.07) is 15.8. The average molecular weight is 553 g/mol. The number of hydrogen-bond donors (Lipinski definition) is 1. The topological polar surface area (TPSA) is 54.8 Å². The van der Waals surface area contributed by atoms with Gasteiger partial charge in [-0.15, -0.1) is 0 Å².